The summed E-state index contributed by atoms with van der Waals surface area (Å²) in [5, 5.41) is -0.658. The minimum atomic E-state index is -6.31. The van der Waals surface area contributed by atoms with Crippen LogP contribution in [-0.4, -0.2) is 41.1 Å². The molecule has 1 atom stereocenters. The molecule has 0 bridgehead atoms. The fourth-order valence-corrected chi connectivity index (χ4v) is 2.91. The Morgan fingerprint density at radius 2 is 1.62 bits per heavy atom. The van der Waals surface area contributed by atoms with E-state index in [4.69, 9.17) is 4.74 Å². The SMILES string of the molecule is CCCC(SCCCC(F)(F)C(F)(F)C(F)(F)F)C(=O)OC(C)C. The summed E-state index contributed by atoms with van der Waals surface area (Å²) in [6.45, 7) is 5.05. The zero-order chi connectivity index (χ0) is 19.2. The number of esters is 1. The number of hydrogen-bond donors (Lipinski definition) is 0. The number of rotatable bonds is 10. The molecule has 0 amide bonds. The van der Waals surface area contributed by atoms with Gasteiger partial charge in [0.15, 0.2) is 0 Å². The summed E-state index contributed by atoms with van der Waals surface area (Å²) in [7, 11) is 0. The van der Waals surface area contributed by atoms with Crippen molar-refractivity contribution in [1.82, 2.24) is 0 Å². The number of ether oxygens (including phenoxy) is 1. The summed E-state index contributed by atoms with van der Waals surface area (Å²) in [6, 6.07) is 0. The molecule has 0 saturated heterocycles. The normalized spacial score (nSPS) is 14.8. The van der Waals surface area contributed by atoms with Crippen LogP contribution in [0.25, 0.3) is 0 Å². The van der Waals surface area contributed by atoms with Crippen LogP contribution in [0, 0.1) is 0 Å². The third kappa shape index (κ3) is 6.68. The second kappa shape index (κ2) is 9.15. The Morgan fingerprint density at radius 3 is 2.04 bits per heavy atom. The van der Waals surface area contributed by atoms with Gasteiger partial charge in [0.2, 0.25) is 0 Å². The van der Waals surface area contributed by atoms with Crippen molar-refractivity contribution in [3.63, 3.8) is 0 Å². The molecule has 0 saturated carbocycles. The van der Waals surface area contributed by atoms with E-state index in [2.05, 4.69) is 0 Å². The number of carbonyl (C=O) groups excluding carboxylic acids is 1. The fraction of sp³-hybridized carbons (Fsp3) is 0.929. The van der Waals surface area contributed by atoms with Gasteiger partial charge in [0.25, 0.3) is 0 Å². The van der Waals surface area contributed by atoms with Crippen molar-refractivity contribution in [2.45, 2.75) is 75.8 Å². The number of carbonyl (C=O) groups is 1. The summed E-state index contributed by atoms with van der Waals surface area (Å²) < 4.78 is 92.7. The number of hydrogen-bond acceptors (Lipinski definition) is 3. The Bertz CT molecular complexity index is 397. The standard InChI is InChI=1S/C14H21F7O2S/c1-4-6-10(11(22)23-9(2)3)24-8-5-7-12(15,16)13(17,18)14(19,20)21/h9-10H,4-8H2,1-3H3. The molecule has 144 valence electrons. The van der Waals surface area contributed by atoms with Crippen LogP contribution in [0.4, 0.5) is 30.7 Å². The van der Waals surface area contributed by atoms with Gasteiger partial charge in [-0.1, -0.05) is 13.3 Å². The third-order valence-corrected chi connectivity index (χ3v) is 4.29. The molecule has 2 nitrogen and oxygen atoms in total. The van der Waals surface area contributed by atoms with Gasteiger partial charge in [-0.15, -0.1) is 11.8 Å². The Morgan fingerprint density at radius 1 is 1.08 bits per heavy atom. The Hall–Kier alpha value is -0.670. The van der Waals surface area contributed by atoms with Crippen molar-refractivity contribution in [3.8, 4) is 0 Å². The predicted octanol–water partition coefficient (Wildman–Crippen LogP) is 5.45. The van der Waals surface area contributed by atoms with Crippen LogP contribution in [0.1, 0.15) is 46.5 Å². The highest BCUT2D eigenvalue weighted by Crippen LogP contribution is 2.48. The third-order valence-electron chi connectivity index (χ3n) is 2.94. The van der Waals surface area contributed by atoms with Gasteiger partial charge in [-0.3, -0.25) is 4.79 Å². The Labute approximate surface area is 140 Å². The predicted molar refractivity (Wildman–Crippen MR) is 77.6 cm³/mol. The quantitative estimate of drug-likeness (QED) is 0.284. The number of halogens is 7. The molecule has 0 aliphatic carbocycles. The van der Waals surface area contributed by atoms with Gasteiger partial charge in [0.1, 0.15) is 5.25 Å². The van der Waals surface area contributed by atoms with Gasteiger partial charge in [0.05, 0.1) is 6.10 Å². The molecule has 0 aliphatic rings. The fourth-order valence-electron chi connectivity index (χ4n) is 1.72. The smallest absolute Gasteiger partial charge is 0.459 e. The highest BCUT2D eigenvalue weighted by molar-refractivity contribution is 8.00. The van der Waals surface area contributed by atoms with Crippen molar-refractivity contribution in [3.05, 3.63) is 0 Å². The van der Waals surface area contributed by atoms with Crippen molar-refractivity contribution < 1.29 is 40.3 Å². The lowest BCUT2D eigenvalue weighted by atomic mass is 10.1. The summed E-state index contributed by atoms with van der Waals surface area (Å²) in [5.74, 6) is -12.0. The first-order valence-corrected chi connectivity index (χ1v) is 8.45. The molecule has 0 heterocycles. The average Bonchev–Trinajstić information content (AvgIpc) is 2.39. The van der Waals surface area contributed by atoms with Crippen molar-refractivity contribution in [1.29, 1.82) is 0 Å². The van der Waals surface area contributed by atoms with Gasteiger partial charge < -0.3 is 4.74 Å². The van der Waals surface area contributed by atoms with Crippen molar-refractivity contribution in [2.24, 2.45) is 0 Å². The minimum Gasteiger partial charge on any atom is -0.462 e. The van der Waals surface area contributed by atoms with E-state index in [0.29, 0.717) is 12.8 Å². The van der Waals surface area contributed by atoms with Crippen molar-refractivity contribution in [2.75, 3.05) is 5.75 Å². The molecule has 0 aromatic heterocycles. The maximum Gasteiger partial charge on any atom is 0.459 e. The molecule has 10 heteroatoms. The summed E-state index contributed by atoms with van der Waals surface area (Å²) in [6.07, 6.45) is -7.89. The molecule has 0 spiro atoms. The lowest BCUT2D eigenvalue weighted by Gasteiger charge is -2.28. The molecular formula is C14H21F7O2S. The van der Waals surface area contributed by atoms with Crippen LogP contribution >= 0.6 is 11.8 Å². The van der Waals surface area contributed by atoms with Gasteiger partial charge >= 0.3 is 24.0 Å². The topological polar surface area (TPSA) is 26.3 Å². The maximum absolute atomic E-state index is 13.1. The lowest BCUT2D eigenvalue weighted by Crippen LogP contribution is -2.51. The first-order valence-electron chi connectivity index (χ1n) is 7.40. The van der Waals surface area contributed by atoms with Crippen LogP contribution in [0.2, 0.25) is 0 Å². The minimum absolute atomic E-state index is 0.151. The first kappa shape index (κ1) is 23.3. The second-order valence-corrected chi connectivity index (χ2v) is 6.82. The Balaban J connectivity index is 4.55. The van der Waals surface area contributed by atoms with E-state index in [1.54, 1.807) is 20.8 Å². The molecule has 0 rings (SSSR count). The molecular weight excluding hydrogens is 365 g/mol. The number of alkyl halides is 7. The zero-order valence-corrected chi connectivity index (χ0v) is 14.4. The van der Waals surface area contributed by atoms with Crippen LogP contribution < -0.4 is 0 Å². The van der Waals surface area contributed by atoms with E-state index < -0.39 is 42.1 Å². The van der Waals surface area contributed by atoms with Crippen LogP contribution in [0.3, 0.4) is 0 Å². The van der Waals surface area contributed by atoms with E-state index >= 15 is 0 Å². The van der Waals surface area contributed by atoms with E-state index in [-0.39, 0.29) is 11.9 Å². The van der Waals surface area contributed by atoms with Gasteiger partial charge in [-0.05, 0) is 32.4 Å². The Kier molecular flexibility index (Phi) is 8.89. The molecule has 0 aromatic rings. The summed E-state index contributed by atoms with van der Waals surface area (Å²) in [4.78, 5) is 11.8. The molecule has 1 unspecified atom stereocenters. The molecule has 0 radical (unpaired) electrons. The van der Waals surface area contributed by atoms with E-state index in [0.717, 1.165) is 11.8 Å². The van der Waals surface area contributed by atoms with Crippen LogP contribution in [-0.2, 0) is 9.53 Å². The van der Waals surface area contributed by atoms with Crippen LogP contribution in [0.15, 0.2) is 0 Å². The molecule has 0 aromatic carbocycles. The summed E-state index contributed by atoms with van der Waals surface area (Å²) >= 11 is 0.921. The van der Waals surface area contributed by atoms with E-state index in [1.165, 1.54) is 0 Å². The molecule has 0 aliphatic heterocycles. The largest absolute Gasteiger partial charge is 0.462 e. The number of thioether (sulfide) groups is 1. The van der Waals surface area contributed by atoms with Crippen molar-refractivity contribution >= 4 is 17.7 Å². The highest BCUT2D eigenvalue weighted by atomic mass is 32.2. The first-order chi connectivity index (χ1) is 10.8. The summed E-state index contributed by atoms with van der Waals surface area (Å²) in [5.41, 5.74) is 0. The van der Waals surface area contributed by atoms with Crippen LogP contribution in [0.5, 0.6) is 0 Å². The molecule has 0 fully saturated rings. The van der Waals surface area contributed by atoms with Gasteiger partial charge in [0, 0.05) is 6.42 Å². The monoisotopic (exact) mass is 386 g/mol. The lowest BCUT2D eigenvalue weighted by molar-refractivity contribution is -0.355. The second-order valence-electron chi connectivity index (χ2n) is 5.51. The zero-order valence-electron chi connectivity index (χ0n) is 13.6. The average molecular weight is 386 g/mol. The van der Waals surface area contributed by atoms with E-state index in [9.17, 15) is 35.5 Å². The van der Waals surface area contributed by atoms with E-state index in [1.807, 2.05) is 0 Å². The molecule has 0 N–H and O–H groups in total. The molecule has 24 heavy (non-hydrogen) atoms. The maximum atomic E-state index is 13.1. The van der Waals surface area contributed by atoms with Gasteiger partial charge in [-0.25, -0.2) is 0 Å². The highest BCUT2D eigenvalue weighted by Gasteiger charge is 2.72. The van der Waals surface area contributed by atoms with Gasteiger partial charge in [-0.2, -0.15) is 30.7 Å².